The van der Waals surface area contributed by atoms with E-state index in [9.17, 15) is 4.79 Å². The summed E-state index contributed by atoms with van der Waals surface area (Å²) in [4.78, 5) is 14.6. The van der Waals surface area contributed by atoms with Crippen LogP contribution in [0, 0.1) is 11.8 Å². The molecule has 136 valence electrons. The van der Waals surface area contributed by atoms with E-state index in [1.807, 2.05) is 12.1 Å². The molecule has 0 saturated carbocycles. The summed E-state index contributed by atoms with van der Waals surface area (Å²) in [5.74, 6) is 2.06. The van der Waals surface area contributed by atoms with Crippen LogP contribution in [-0.4, -0.2) is 35.6 Å². The summed E-state index contributed by atoms with van der Waals surface area (Å²) in [6, 6.07) is 5.67. The van der Waals surface area contributed by atoms with Gasteiger partial charge in [-0.05, 0) is 49.8 Å². The molecule has 1 fully saturated rings. The zero-order valence-electron chi connectivity index (χ0n) is 15.0. The largest absolute Gasteiger partial charge is 0.468 e. The first kappa shape index (κ1) is 17.7. The average Bonchev–Trinajstić information content (AvgIpc) is 3.24. The first-order chi connectivity index (χ1) is 12.1. The topological polar surface area (TPSA) is 71.5 Å². The van der Waals surface area contributed by atoms with Crippen molar-refractivity contribution in [3.8, 4) is 0 Å². The van der Waals surface area contributed by atoms with Crippen LogP contribution < -0.4 is 5.32 Å². The van der Waals surface area contributed by atoms with Gasteiger partial charge in [-0.15, -0.1) is 0 Å². The molecule has 1 atom stereocenters. The fraction of sp³-hybridized carbons (Fsp3) is 0.579. The summed E-state index contributed by atoms with van der Waals surface area (Å²) in [6.07, 6.45) is 4.80. The Balaban J connectivity index is 1.45. The standard InChI is InChI=1S/C19H27N3O3/c1-14(2)9-16-10-18(25-21-16)19(23)20-11-15-5-3-7-22(12-15)13-17-6-4-8-24-17/h4,6,8,10,14-15H,3,5,7,9,11-13H2,1-2H3,(H,20,23)/t15-/m1/s1. The summed E-state index contributed by atoms with van der Waals surface area (Å²) >= 11 is 0. The van der Waals surface area contributed by atoms with E-state index in [1.54, 1.807) is 12.3 Å². The lowest BCUT2D eigenvalue weighted by Gasteiger charge is -2.32. The molecule has 25 heavy (non-hydrogen) atoms. The van der Waals surface area contributed by atoms with Crippen molar-refractivity contribution in [2.45, 2.75) is 39.7 Å². The molecule has 0 spiro atoms. The Morgan fingerprint density at radius 3 is 3.12 bits per heavy atom. The summed E-state index contributed by atoms with van der Waals surface area (Å²) in [7, 11) is 0. The van der Waals surface area contributed by atoms with E-state index >= 15 is 0 Å². The van der Waals surface area contributed by atoms with E-state index in [1.165, 1.54) is 0 Å². The summed E-state index contributed by atoms with van der Waals surface area (Å²) < 4.78 is 10.6. The second-order valence-corrected chi connectivity index (χ2v) is 7.31. The van der Waals surface area contributed by atoms with Gasteiger partial charge in [-0.25, -0.2) is 0 Å². The molecule has 1 N–H and O–H groups in total. The third-order valence-electron chi connectivity index (χ3n) is 4.51. The Labute approximate surface area is 148 Å². The van der Waals surface area contributed by atoms with Gasteiger partial charge in [0.1, 0.15) is 5.76 Å². The third kappa shape index (κ3) is 5.19. The van der Waals surface area contributed by atoms with Crippen molar-refractivity contribution in [1.82, 2.24) is 15.4 Å². The Morgan fingerprint density at radius 1 is 1.48 bits per heavy atom. The number of aromatic nitrogens is 1. The zero-order valence-corrected chi connectivity index (χ0v) is 15.0. The van der Waals surface area contributed by atoms with Crippen molar-refractivity contribution in [1.29, 1.82) is 0 Å². The molecule has 0 unspecified atom stereocenters. The highest BCUT2D eigenvalue weighted by Gasteiger charge is 2.22. The molecule has 1 amide bonds. The van der Waals surface area contributed by atoms with Gasteiger partial charge < -0.3 is 14.3 Å². The monoisotopic (exact) mass is 345 g/mol. The summed E-state index contributed by atoms with van der Waals surface area (Å²) in [6.45, 7) is 7.77. The predicted octanol–water partition coefficient (Wildman–Crippen LogP) is 3.11. The Morgan fingerprint density at radius 2 is 2.36 bits per heavy atom. The molecule has 2 aromatic heterocycles. The zero-order chi connectivity index (χ0) is 17.6. The van der Waals surface area contributed by atoms with Crippen LogP contribution in [0.25, 0.3) is 0 Å². The lowest BCUT2D eigenvalue weighted by Crippen LogP contribution is -2.40. The SMILES string of the molecule is CC(C)Cc1cc(C(=O)NC[C@H]2CCCN(Cc3ccco3)C2)on1. The van der Waals surface area contributed by atoms with Gasteiger partial charge in [0.05, 0.1) is 18.5 Å². The van der Waals surface area contributed by atoms with Gasteiger partial charge in [0.2, 0.25) is 5.76 Å². The number of amides is 1. The molecule has 1 aliphatic heterocycles. The Kier molecular flexibility index (Phi) is 5.91. The van der Waals surface area contributed by atoms with Gasteiger partial charge >= 0.3 is 0 Å². The van der Waals surface area contributed by atoms with Crippen molar-refractivity contribution in [2.24, 2.45) is 11.8 Å². The van der Waals surface area contributed by atoms with Crippen LogP contribution in [0.4, 0.5) is 0 Å². The quantitative estimate of drug-likeness (QED) is 0.835. The molecule has 6 nitrogen and oxygen atoms in total. The number of nitrogens with one attached hydrogen (secondary N) is 1. The van der Waals surface area contributed by atoms with Crippen LogP contribution in [-0.2, 0) is 13.0 Å². The van der Waals surface area contributed by atoms with E-state index in [2.05, 4.69) is 29.2 Å². The fourth-order valence-electron chi connectivity index (χ4n) is 3.34. The highest BCUT2D eigenvalue weighted by molar-refractivity contribution is 5.91. The molecule has 1 aliphatic rings. The molecule has 3 heterocycles. The highest BCUT2D eigenvalue weighted by atomic mass is 16.5. The van der Waals surface area contributed by atoms with Crippen molar-refractivity contribution in [3.63, 3.8) is 0 Å². The van der Waals surface area contributed by atoms with Crippen molar-refractivity contribution >= 4 is 5.91 Å². The number of hydrogen-bond donors (Lipinski definition) is 1. The number of hydrogen-bond acceptors (Lipinski definition) is 5. The minimum Gasteiger partial charge on any atom is -0.468 e. The smallest absolute Gasteiger partial charge is 0.289 e. The van der Waals surface area contributed by atoms with E-state index in [0.717, 1.165) is 50.4 Å². The maximum absolute atomic E-state index is 12.3. The minimum atomic E-state index is -0.175. The van der Waals surface area contributed by atoms with Gasteiger partial charge in [0.15, 0.2) is 0 Å². The van der Waals surface area contributed by atoms with Crippen LogP contribution in [0.2, 0.25) is 0 Å². The van der Waals surface area contributed by atoms with E-state index in [0.29, 0.717) is 24.1 Å². The molecule has 0 aromatic carbocycles. The molecule has 0 bridgehead atoms. The van der Waals surface area contributed by atoms with Crippen molar-refractivity contribution in [3.05, 3.63) is 41.7 Å². The first-order valence-electron chi connectivity index (χ1n) is 9.08. The van der Waals surface area contributed by atoms with E-state index < -0.39 is 0 Å². The van der Waals surface area contributed by atoms with E-state index in [-0.39, 0.29) is 5.91 Å². The maximum Gasteiger partial charge on any atom is 0.289 e. The van der Waals surface area contributed by atoms with Crippen LogP contribution in [0.3, 0.4) is 0 Å². The maximum atomic E-state index is 12.3. The van der Waals surface area contributed by atoms with Gasteiger partial charge in [-0.3, -0.25) is 9.69 Å². The number of piperidine rings is 1. The highest BCUT2D eigenvalue weighted by Crippen LogP contribution is 2.18. The van der Waals surface area contributed by atoms with Crippen LogP contribution >= 0.6 is 0 Å². The number of carbonyl (C=O) groups excluding carboxylic acids is 1. The molecule has 1 saturated heterocycles. The summed E-state index contributed by atoms with van der Waals surface area (Å²) in [5, 5.41) is 6.96. The van der Waals surface area contributed by atoms with Crippen LogP contribution in [0.5, 0.6) is 0 Å². The molecule has 2 aromatic rings. The van der Waals surface area contributed by atoms with E-state index in [4.69, 9.17) is 8.94 Å². The predicted molar refractivity (Wildman–Crippen MR) is 94.1 cm³/mol. The average molecular weight is 345 g/mol. The molecule has 6 heteroatoms. The number of nitrogens with zero attached hydrogens (tertiary/aromatic N) is 2. The van der Waals surface area contributed by atoms with Gasteiger partial charge in [0.25, 0.3) is 5.91 Å². The molecular weight excluding hydrogens is 318 g/mol. The number of rotatable bonds is 7. The Hall–Kier alpha value is -2.08. The third-order valence-corrected chi connectivity index (χ3v) is 4.51. The molecule has 0 aliphatic carbocycles. The number of furan rings is 1. The summed E-state index contributed by atoms with van der Waals surface area (Å²) in [5.41, 5.74) is 0.836. The molecule has 3 rings (SSSR count). The Bertz CT molecular complexity index is 663. The van der Waals surface area contributed by atoms with Gasteiger partial charge in [-0.1, -0.05) is 19.0 Å². The molecular formula is C19H27N3O3. The first-order valence-corrected chi connectivity index (χ1v) is 9.08. The van der Waals surface area contributed by atoms with Crippen molar-refractivity contribution < 1.29 is 13.7 Å². The molecule has 0 radical (unpaired) electrons. The minimum absolute atomic E-state index is 0.175. The fourth-order valence-corrected chi connectivity index (χ4v) is 3.34. The number of likely N-dealkylation sites (tertiary alicyclic amines) is 1. The second-order valence-electron chi connectivity index (χ2n) is 7.31. The lowest BCUT2D eigenvalue weighted by atomic mass is 9.98. The van der Waals surface area contributed by atoms with Gasteiger partial charge in [-0.2, -0.15) is 0 Å². The van der Waals surface area contributed by atoms with Crippen LogP contribution in [0.15, 0.2) is 33.4 Å². The normalized spacial score (nSPS) is 18.6. The number of carbonyl (C=O) groups is 1. The van der Waals surface area contributed by atoms with Gasteiger partial charge in [0, 0.05) is 19.2 Å². The lowest BCUT2D eigenvalue weighted by molar-refractivity contribution is 0.0892. The second kappa shape index (κ2) is 8.34. The van der Waals surface area contributed by atoms with Crippen LogP contribution in [0.1, 0.15) is 48.7 Å². The van der Waals surface area contributed by atoms with Crippen molar-refractivity contribution in [2.75, 3.05) is 19.6 Å².